The Morgan fingerprint density at radius 2 is 1.50 bits per heavy atom. The molecule has 2 aromatic rings. The van der Waals surface area contributed by atoms with Gasteiger partial charge in [0.15, 0.2) is 5.60 Å². The maximum atomic E-state index is 13.1. The summed E-state index contributed by atoms with van der Waals surface area (Å²) in [5, 5.41) is 0. The summed E-state index contributed by atoms with van der Waals surface area (Å²) in [5.41, 5.74) is 2.30. The van der Waals surface area contributed by atoms with Crippen LogP contribution in [0.25, 0.3) is 0 Å². The molecule has 6 rings (SSSR count). The lowest BCUT2D eigenvalue weighted by Gasteiger charge is -2.52. The van der Waals surface area contributed by atoms with Crippen molar-refractivity contribution >= 4 is 17.8 Å². The first-order valence-electron chi connectivity index (χ1n) is 8.68. The van der Waals surface area contributed by atoms with Crippen molar-refractivity contribution in [2.24, 2.45) is 11.8 Å². The van der Waals surface area contributed by atoms with E-state index in [-0.39, 0.29) is 17.7 Å². The first-order valence-corrected chi connectivity index (χ1v) is 8.68. The van der Waals surface area contributed by atoms with Gasteiger partial charge in [-0.05, 0) is 11.1 Å². The van der Waals surface area contributed by atoms with E-state index >= 15 is 0 Å². The topological polar surface area (TPSA) is 63.7 Å². The van der Waals surface area contributed by atoms with Crippen molar-refractivity contribution in [1.29, 1.82) is 0 Å². The minimum absolute atomic E-state index is 0.203. The Morgan fingerprint density at radius 3 is 2.04 bits per heavy atom. The third-order valence-electron chi connectivity index (χ3n) is 6.07. The van der Waals surface area contributed by atoms with E-state index in [2.05, 4.69) is 0 Å². The highest BCUT2D eigenvalue weighted by Gasteiger charge is 2.69. The highest BCUT2D eigenvalue weighted by molar-refractivity contribution is 6.08. The van der Waals surface area contributed by atoms with Crippen molar-refractivity contribution in [1.82, 2.24) is 4.90 Å². The molecule has 3 aliphatic carbocycles. The molecule has 2 unspecified atom stereocenters. The second kappa shape index (κ2) is 4.81. The van der Waals surface area contributed by atoms with Gasteiger partial charge >= 0.3 is 5.97 Å². The maximum absolute atomic E-state index is 13.1. The summed E-state index contributed by atoms with van der Waals surface area (Å²) < 4.78 is 5.96. The molecule has 130 valence electrons. The number of benzene rings is 2. The molecule has 4 aliphatic rings. The van der Waals surface area contributed by atoms with Crippen molar-refractivity contribution in [3.63, 3.8) is 0 Å². The molecule has 1 heterocycles. The van der Waals surface area contributed by atoms with Gasteiger partial charge in [-0.25, -0.2) is 0 Å². The zero-order chi connectivity index (χ0) is 18.2. The van der Waals surface area contributed by atoms with Gasteiger partial charge in [0, 0.05) is 31.0 Å². The van der Waals surface area contributed by atoms with Crippen molar-refractivity contribution in [2.75, 3.05) is 7.05 Å². The summed E-state index contributed by atoms with van der Waals surface area (Å²) in [6.45, 7) is 1.35. The SMILES string of the molecule is CC(=O)OC12c3ccccc3C(c3ccccc31)C1C(=O)N(C)C(=O)C12. The molecule has 0 N–H and O–H groups in total. The number of likely N-dealkylation sites (tertiary alicyclic amines) is 1. The van der Waals surface area contributed by atoms with Gasteiger partial charge in [0.25, 0.3) is 0 Å². The Morgan fingerprint density at radius 1 is 0.962 bits per heavy atom. The van der Waals surface area contributed by atoms with E-state index < -0.39 is 23.4 Å². The molecule has 0 spiro atoms. The first kappa shape index (κ1) is 15.3. The quantitative estimate of drug-likeness (QED) is 0.586. The normalized spacial score (nSPS) is 30.7. The van der Waals surface area contributed by atoms with Crippen LogP contribution in [0.5, 0.6) is 0 Å². The molecule has 1 aliphatic heterocycles. The predicted octanol–water partition coefficient (Wildman–Crippen LogP) is 2.18. The number of ether oxygens (including phenoxy) is 1. The molecule has 1 saturated heterocycles. The number of rotatable bonds is 1. The molecule has 0 saturated carbocycles. The van der Waals surface area contributed by atoms with E-state index in [4.69, 9.17) is 4.74 Å². The Hall–Kier alpha value is -2.95. The first-order chi connectivity index (χ1) is 12.5. The summed E-state index contributed by atoms with van der Waals surface area (Å²) in [7, 11) is 1.51. The summed E-state index contributed by atoms with van der Waals surface area (Å²) in [6.07, 6.45) is 0. The molecule has 2 bridgehead atoms. The number of hydrogen-bond acceptors (Lipinski definition) is 4. The molecular formula is C21H17NO4. The number of amides is 2. The number of nitrogens with zero attached hydrogens (tertiary/aromatic N) is 1. The predicted molar refractivity (Wildman–Crippen MR) is 92.0 cm³/mol. The lowest BCUT2D eigenvalue weighted by atomic mass is 9.52. The fourth-order valence-corrected chi connectivity index (χ4v) is 5.25. The third kappa shape index (κ3) is 1.54. The van der Waals surface area contributed by atoms with E-state index in [0.29, 0.717) is 0 Å². The fourth-order valence-electron chi connectivity index (χ4n) is 5.25. The van der Waals surface area contributed by atoms with E-state index in [0.717, 1.165) is 22.3 Å². The third-order valence-corrected chi connectivity index (χ3v) is 6.07. The van der Waals surface area contributed by atoms with E-state index in [1.54, 1.807) is 0 Å². The lowest BCUT2D eigenvalue weighted by Crippen LogP contribution is -2.55. The van der Waals surface area contributed by atoms with E-state index in [9.17, 15) is 14.4 Å². The van der Waals surface area contributed by atoms with E-state index in [1.165, 1.54) is 18.9 Å². The van der Waals surface area contributed by atoms with Crippen LogP contribution in [0.3, 0.4) is 0 Å². The molecular weight excluding hydrogens is 330 g/mol. The Kier molecular flexibility index (Phi) is 2.84. The van der Waals surface area contributed by atoms with Gasteiger partial charge in [-0.1, -0.05) is 48.5 Å². The minimum atomic E-state index is -1.25. The molecule has 2 atom stereocenters. The minimum Gasteiger partial charge on any atom is -0.448 e. The number of hydrogen-bond donors (Lipinski definition) is 0. The Labute approximate surface area is 150 Å². The van der Waals surface area contributed by atoms with Crippen LogP contribution in [0.1, 0.15) is 35.1 Å². The van der Waals surface area contributed by atoms with Gasteiger partial charge in [0.05, 0.1) is 11.8 Å². The summed E-state index contributed by atoms with van der Waals surface area (Å²) in [6, 6.07) is 15.4. The Balaban J connectivity index is 1.93. The van der Waals surface area contributed by atoms with Crippen LogP contribution >= 0.6 is 0 Å². The van der Waals surface area contributed by atoms with Gasteiger partial charge in [0.2, 0.25) is 11.8 Å². The average Bonchev–Trinajstić information content (AvgIpc) is 2.87. The van der Waals surface area contributed by atoms with Crippen LogP contribution in [0, 0.1) is 11.8 Å². The van der Waals surface area contributed by atoms with Crippen molar-refractivity contribution in [3.05, 3.63) is 70.8 Å². The average molecular weight is 347 g/mol. The van der Waals surface area contributed by atoms with Crippen LogP contribution < -0.4 is 0 Å². The highest BCUT2D eigenvalue weighted by atomic mass is 16.6. The summed E-state index contributed by atoms with van der Waals surface area (Å²) >= 11 is 0. The lowest BCUT2D eigenvalue weighted by molar-refractivity contribution is -0.167. The van der Waals surface area contributed by atoms with Crippen LogP contribution in [-0.4, -0.2) is 29.7 Å². The zero-order valence-corrected chi connectivity index (χ0v) is 14.4. The standard InChI is InChI=1S/C21H17NO4/c1-11(23)26-21-14-9-5-3-7-12(14)16(13-8-4-6-10-15(13)21)17-18(21)20(25)22(2)19(17)24/h3-10,16-18H,1-2H3. The van der Waals surface area contributed by atoms with Crippen molar-refractivity contribution in [3.8, 4) is 0 Å². The monoisotopic (exact) mass is 347 g/mol. The molecule has 0 aromatic heterocycles. The van der Waals surface area contributed by atoms with Crippen LogP contribution in [-0.2, 0) is 24.7 Å². The summed E-state index contributed by atoms with van der Waals surface area (Å²) in [5.74, 6) is -2.43. The number of carbonyl (C=O) groups is 3. The maximum Gasteiger partial charge on any atom is 0.303 e. The van der Waals surface area contributed by atoms with Gasteiger partial charge in [0.1, 0.15) is 0 Å². The van der Waals surface area contributed by atoms with Crippen LogP contribution in [0.4, 0.5) is 0 Å². The summed E-state index contributed by atoms with van der Waals surface area (Å²) in [4.78, 5) is 39.3. The molecule has 0 radical (unpaired) electrons. The molecule has 5 heteroatoms. The molecule has 26 heavy (non-hydrogen) atoms. The number of imide groups is 1. The van der Waals surface area contributed by atoms with Gasteiger partial charge in [-0.3, -0.25) is 19.3 Å². The highest BCUT2D eigenvalue weighted by Crippen LogP contribution is 2.64. The number of esters is 1. The van der Waals surface area contributed by atoms with Crippen molar-refractivity contribution in [2.45, 2.75) is 18.4 Å². The van der Waals surface area contributed by atoms with E-state index in [1.807, 2.05) is 48.5 Å². The second-order valence-corrected chi connectivity index (χ2v) is 7.22. The second-order valence-electron chi connectivity index (χ2n) is 7.22. The van der Waals surface area contributed by atoms with Crippen LogP contribution in [0.15, 0.2) is 48.5 Å². The number of carbonyl (C=O) groups excluding carboxylic acids is 3. The Bertz CT molecular complexity index is 948. The van der Waals surface area contributed by atoms with Gasteiger partial charge < -0.3 is 4.74 Å². The molecule has 2 amide bonds. The van der Waals surface area contributed by atoms with Crippen molar-refractivity contribution < 1.29 is 19.1 Å². The van der Waals surface area contributed by atoms with Gasteiger partial charge in [-0.15, -0.1) is 0 Å². The van der Waals surface area contributed by atoms with Gasteiger partial charge in [-0.2, -0.15) is 0 Å². The molecule has 2 aromatic carbocycles. The van der Waals surface area contributed by atoms with Crippen LogP contribution in [0.2, 0.25) is 0 Å². The largest absolute Gasteiger partial charge is 0.448 e. The fraction of sp³-hybridized carbons (Fsp3) is 0.286. The molecule has 1 fully saturated rings. The molecule has 5 nitrogen and oxygen atoms in total. The smallest absolute Gasteiger partial charge is 0.303 e. The zero-order valence-electron chi connectivity index (χ0n) is 14.4.